The lowest BCUT2D eigenvalue weighted by atomic mass is 9.80. The summed E-state index contributed by atoms with van der Waals surface area (Å²) in [6.45, 7) is 15.9. The zero-order valence-corrected chi connectivity index (χ0v) is 13.8. The van der Waals surface area contributed by atoms with E-state index in [0.29, 0.717) is 12.0 Å². The molecule has 5 atom stereocenters. The fraction of sp³-hybridized carbons (Fsp3) is 0.579. The molecule has 2 saturated carbocycles. The van der Waals surface area contributed by atoms with Crippen LogP contribution in [0.4, 0.5) is 0 Å². The average Bonchev–Trinajstić information content (AvgIpc) is 2.94. The van der Waals surface area contributed by atoms with Crippen molar-refractivity contribution < 1.29 is 19.1 Å². The second-order valence-corrected chi connectivity index (χ2v) is 7.24. The molecule has 0 spiro atoms. The minimum Gasteiger partial charge on any atom is -0.461 e. The van der Waals surface area contributed by atoms with Crippen LogP contribution < -0.4 is 0 Å². The fourth-order valence-electron chi connectivity index (χ4n) is 4.17. The van der Waals surface area contributed by atoms with Crippen molar-refractivity contribution in [2.24, 2.45) is 23.7 Å². The number of esters is 2. The molecule has 0 radical (unpaired) electrons. The standard InChI is InChI=1S/C19H24O4/c1-9(2)18(20)23-17-15-10(3)6-7-13(15)11(4)8-14-16(17)12(5)19(21)22-14/h9,13-17H,3-8H2,1-2H3/t13-,14-,15-,16+,17+/m0/s1. The summed E-state index contributed by atoms with van der Waals surface area (Å²) in [5, 5.41) is 0. The lowest BCUT2D eigenvalue weighted by Crippen LogP contribution is -2.39. The Labute approximate surface area is 137 Å². The summed E-state index contributed by atoms with van der Waals surface area (Å²) in [6.07, 6.45) is 1.72. The minimum absolute atomic E-state index is 0.00597. The third-order valence-electron chi connectivity index (χ3n) is 5.42. The summed E-state index contributed by atoms with van der Waals surface area (Å²) >= 11 is 0. The molecule has 0 amide bonds. The zero-order chi connectivity index (χ0) is 16.9. The number of carbonyl (C=O) groups excluding carboxylic acids is 2. The maximum absolute atomic E-state index is 12.2. The van der Waals surface area contributed by atoms with E-state index in [-0.39, 0.29) is 41.7 Å². The van der Waals surface area contributed by atoms with E-state index in [4.69, 9.17) is 9.47 Å². The largest absolute Gasteiger partial charge is 0.461 e. The molecule has 1 saturated heterocycles. The lowest BCUT2D eigenvalue weighted by molar-refractivity contribution is -0.159. The van der Waals surface area contributed by atoms with Crippen LogP contribution in [-0.4, -0.2) is 24.1 Å². The summed E-state index contributed by atoms with van der Waals surface area (Å²) in [7, 11) is 0. The minimum atomic E-state index is -0.437. The molecule has 3 fully saturated rings. The molecule has 0 aromatic heterocycles. The van der Waals surface area contributed by atoms with Crippen LogP contribution in [0.15, 0.2) is 36.5 Å². The third-order valence-corrected chi connectivity index (χ3v) is 5.42. The van der Waals surface area contributed by atoms with Crippen LogP contribution in [0, 0.1) is 23.7 Å². The van der Waals surface area contributed by atoms with Crippen LogP contribution in [0.25, 0.3) is 0 Å². The van der Waals surface area contributed by atoms with Crippen LogP contribution >= 0.6 is 0 Å². The van der Waals surface area contributed by atoms with E-state index in [9.17, 15) is 9.59 Å². The second kappa shape index (κ2) is 5.66. The van der Waals surface area contributed by atoms with E-state index in [1.807, 2.05) is 13.8 Å². The van der Waals surface area contributed by atoms with Crippen LogP contribution in [0.5, 0.6) is 0 Å². The summed E-state index contributed by atoms with van der Waals surface area (Å²) in [4.78, 5) is 24.2. The topological polar surface area (TPSA) is 52.6 Å². The van der Waals surface area contributed by atoms with E-state index >= 15 is 0 Å². The highest BCUT2D eigenvalue weighted by Gasteiger charge is 2.54. The van der Waals surface area contributed by atoms with Crippen LogP contribution in [0.2, 0.25) is 0 Å². The Hall–Kier alpha value is -1.84. The van der Waals surface area contributed by atoms with Gasteiger partial charge in [0.05, 0.1) is 11.8 Å². The van der Waals surface area contributed by atoms with Crippen LogP contribution in [0.1, 0.15) is 33.1 Å². The summed E-state index contributed by atoms with van der Waals surface area (Å²) in [5.74, 6) is -0.922. The third kappa shape index (κ3) is 2.54. The molecule has 0 bridgehead atoms. The maximum atomic E-state index is 12.2. The highest BCUT2D eigenvalue weighted by atomic mass is 16.6. The van der Waals surface area contributed by atoms with Crippen molar-refractivity contribution in [1.29, 1.82) is 0 Å². The second-order valence-electron chi connectivity index (χ2n) is 7.24. The molecule has 3 aliphatic rings. The number of rotatable bonds is 2. The average molecular weight is 316 g/mol. The molecule has 0 aromatic carbocycles. The van der Waals surface area contributed by atoms with Gasteiger partial charge in [0.25, 0.3) is 0 Å². The first-order valence-electron chi connectivity index (χ1n) is 8.26. The molecule has 3 rings (SSSR count). The first-order chi connectivity index (χ1) is 10.8. The van der Waals surface area contributed by atoms with E-state index in [1.54, 1.807) is 0 Å². The van der Waals surface area contributed by atoms with E-state index in [2.05, 4.69) is 19.7 Å². The van der Waals surface area contributed by atoms with Gasteiger partial charge in [0.1, 0.15) is 12.2 Å². The highest BCUT2D eigenvalue weighted by Crippen LogP contribution is 2.52. The van der Waals surface area contributed by atoms with Crippen molar-refractivity contribution in [2.75, 3.05) is 0 Å². The molecule has 0 unspecified atom stereocenters. The number of hydrogen-bond donors (Lipinski definition) is 0. The van der Waals surface area contributed by atoms with Gasteiger partial charge in [-0.25, -0.2) is 4.79 Å². The molecule has 4 heteroatoms. The van der Waals surface area contributed by atoms with E-state index < -0.39 is 6.10 Å². The molecule has 1 heterocycles. The van der Waals surface area contributed by atoms with Gasteiger partial charge in [0, 0.05) is 17.9 Å². The Balaban J connectivity index is 2.01. The van der Waals surface area contributed by atoms with Crippen molar-refractivity contribution in [2.45, 2.75) is 45.3 Å². The van der Waals surface area contributed by atoms with Crippen LogP contribution in [-0.2, 0) is 19.1 Å². The first kappa shape index (κ1) is 16.0. The lowest BCUT2D eigenvalue weighted by Gasteiger charge is -2.32. The predicted molar refractivity (Wildman–Crippen MR) is 86.3 cm³/mol. The molecule has 0 aromatic rings. The Morgan fingerprint density at radius 2 is 1.91 bits per heavy atom. The molecule has 1 aliphatic heterocycles. The number of fused-ring (bicyclic) bond motifs is 2. The monoisotopic (exact) mass is 316 g/mol. The van der Waals surface area contributed by atoms with Crippen molar-refractivity contribution in [3.63, 3.8) is 0 Å². The molecular weight excluding hydrogens is 292 g/mol. The van der Waals surface area contributed by atoms with Gasteiger partial charge < -0.3 is 9.47 Å². The number of hydrogen-bond acceptors (Lipinski definition) is 4. The van der Waals surface area contributed by atoms with Gasteiger partial charge in [-0.2, -0.15) is 0 Å². The summed E-state index contributed by atoms with van der Waals surface area (Å²) < 4.78 is 11.3. The van der Waals surface area contributed by atoms with Crippen molar-refractivity contribution in [3.05, 3.63) is 36.5 Å². The van der Waals surface area contributed by atoms with Gasteiger partial charge in [-0.1, -0.05) is 44.7 Å². The quantitative estimate of drug-likeness (QED) is 0.446. The maximum Gasteiger partial charge on any atom is 0.334 e. The van der Waals surface area contributed by atoms with Crippen molar-refractivity contribution >= 4 is 11.9 Å². The van der Waals surface area contributed by atoms with E-state index in [1.165, 1.54) is 0 Å². The van der Waals surface area contributed by atoms with E-state index in [0.717, 1.165) is 24.0 Å². The normalized spacial score (nSPS) is 36.6. The molecule has 4 nitrogen and oxygen atoms in total. The smallest absolute Gasteiger partial charge is 0.334 e. The molecule has 124 valence electrons. The summed E-state index contributed by atoms with van der Waals surface area (Å²) in [5.41, 5.74) is 2.55. The highest BCUT2D eigenvalue weighted by molar-refractivity contribution is 5.91. The number of carbonyl (C=O) groups is 2. The Kier molecular flexibility index (Phi) is 3.95. The number of ether oxygens (including phenoxy) is 2. The first-order valence-corrected chi connectivity index (χ1v) is 8.26. The van der Waals surface area contributed by atoms with Gasteiger partial charge in [-0.15, -0.1) is 0 Å². The van der Waals surface area contributed by atoms with Gasteiger partial charge in [-0.05, 0) is 18.8 Å². The van der Waals surface area contributed by atoms with Gasteiger partial charge in [0.15, 0.2) is 0 Å². The Morgan fingerprint density at radius 1 is 1.22 bits per heavy atom. The molecule has 0 N–H and O–H groups in total. The SMILES string of the molecule is C=C1CC[C@H]2C(=C)C[C@@H]3OC(=O)C(=C)[C@H]3[C@H](OC(=O)C(C)C)[C@@H]12. The van der Waals surface area contributed by atoms with Gasteiger partial charge >= 0.3 is 11.9 Å². The molecule has 2 aliphatic carbocycles. The van der Waals surface area contributed by atoms with Crippen LogP contribution in [0.3, 0.4) is 0 Å². The van der Waals surface area contributed by atoms with Gasteiger partial charge in [0.2, 0.25) is 0 Å². The summed E-state index contributed by atoms with van der Waals surface area (Å²) in [6, 6.07) is 0. The van der Waals surface area contributed by atoms with Crippen molar-refractivity contribution in [1.82, 2.24) is 0 Å². The van der Waals surface area contributed by atoms with Gasteiger partial charge in [-0.3, -0.25) is 4.79 Å². The Morgan fingerprint density at radius 3 is 2.57 bits per heavy atom. The fourth-order valence-corrected chi connectivity index (χ4v) is 4.17. The Bertz CT molecular complexity index is 600. The predicted octanol–water partition coefficient (Wildman–Crippen LogP) is 3.19. The zero-order valence-electron chi connectivity index (χ0n) is 13.8. The molecular formula is C19H24O4. The van der Waals surface area contributed by atoms with Crippen molar-refractivity contribution in [3.8, 4) is 0 Å². The molecule has 23 heavy (non-hydrogen) atoms.